The summed E-state index contributed by atoms with van der Waals surface area (Å²) in [6.45, 7) is 0.221. The molecule has 4 rings (SSSR count). The maximum Gasteiger partial charge on any atom is 0.239 e. The highest BCUT2D eigenvalue weighted by atomic mass is 16.5. The fourth-order valence-electron chi connectivity index (χ4n) is 3.76. The third kappa shape index (κ3) is 3.34. The number of benzene rings is 2. The van der Waals surface area contributed by atoms with Crippen molar-refractivity contribution in [3.63, 3.8) is 0 Å². The van der Waals surface area contributed by atoms with E-state index in [1.807, 2.05) is 36.4 Å². The zero-order valence-corrected chi connectivity index (χ0v) is 15.0. The first-order valence-electron chi connectivity index (χ1n) is 9.27. The normalized spacial score (nSPS) is 15.3. The van der Waals surface area contributed by atoms with Crippen molar-refractivity contribution in [1.82, 2.24) is 5.32 Å². The van der Waals surface area contributed by atoms with Crippen LogP contribution in [0.25, 0.3) is 21.9 Å². The topological polar surface area (TPSA) is 63.5 Å². The Bertz CT molecular complexity index is 926. The molecule has 1 fully saturated rings. The Hall–Kier alpha value is -2.69. The summed E-state index contributed by atoms with van der Waals surface area (Å²) in [7, 11) is 1.64. The van der Waals surface area contributed by atoms with E-state index < -0.39 is 0 Å². The molecular weight excluding hydrogens is 328 g/mol. The van der Waals surface area contributed by atoms with Crippen molar-refractivity contribution in [3.05, 3.63) is 36.4 Å². The monoisotopic (exact) mass is 352 g/mol. The lowest BCUT2D eigenvalue weighted by atomic mass is 9.95. The third-order valence-electron chi connectivity index (χ3n) is 5.11. The number of furan rings is 1. The van der Waals surface area contributed by atoms with Crippen LogP contribution in [-0.4, -0.2) is 25.6 Å². The van der Waals surface area contributed by atoms with E-state index in [4.69, 9.17) is 9.15 Å². The van der Waals surface area contributed by atoms with Crippen LogP contribution in [0.15, 0.2) is 40.8 Å². The molecule has 1 amide bonds. The van der Waals surface area contributed by atoms with Crippen molar-refractivity contribution in [1.29, 1.82) is 0 Å². The van der Waals surface area contributed by atoms with Crippen molar-refractivity contribution >= 4 is 33.5 Å². The highest BCUT2D eigenvalue weighted by Crippen LogP contribution is 2.36. The molecule has 0 aliphatic heterocycles. The summed E-state index contributed by atoms with van der Waals surface area (Å²) in [4.78, 5) is 12.3. The van der Waals surface area contributed by atoms with Crippen LogP contribution in [0.4, 0.5) is 5.69 Å². The quantitative estimate of drug-likeness (QED) is 0.712. The van der Waals surface area contributed by atoms with E-state index in [1.165, 1.54) is 19.3 Å². The van der Waals surface area contributed by atoms with Crippen LogP contribution < -0.4 is 15.4 Å². The zero-order valence-electron chi connectivity index (χ0n) is 15.0. The fraction of sp³-hybridized carbons (Fsp3) is 0.381. The predicted octanol–water partition coefficient (Wildman–Crippen LogP) is 4.46. The maximum absolute atomic E-state index is 12.3. The molecule has 5 heteroatoms. The number of carbonyl (C=O) groups excluding carboxylic acids is 1. The smallest absolute Gasteiger partial charge is 0.239 e. The molecule has 1 saturated carbocycles. The number of para-hydroxylation sites is 1. The van der Waals surface area contributed by atoms with Crippen LogP contribution >= 0.6 is 0 Å². The average Bonchev–Trinajstić information content (AvgIpc) is 3.03. The van der Waals surface area contributed by atoms with Gasteiger partial charge in [0, 0.05) is 22.9 Å². The van der Waals surface area contributed by atoms with Gasteiger partial charge in [-0.1, -0.05) is 37.5 Å². The van der Waals surface area contributed by atoms with Gasteiger partial charge in [-0.2, -0.15) is 0 Å². The Morgan fingerprint density at radius 1 is 1.12 bits per heavy atom. The zero-order chi connectivity index (χ0) is 17.9. The lowest BCUT2D eigenvalue weighted by Gasteiger charge is -2.23. The molecule has 1 aliphatic rings. The summed E-state index contributed by atoms with van der Waals surface area (Å²) in [6.07, 6.45) is 5.85. The minimum Gasteiger partial charge on any atom is -0.495 e. The summed E-state index contributed by atoms with van der Waals surface area (Å²) in [5.41, 5.74) is 2.39. The van der Waals surface area contributed by atoms with Crippen molar-refractivity contribution < 1.29 is 13.9 Å². The first-order chi connectivity index (χ1) is 12.7. The number of amides is 1. The minimum atomic E-state index is 0.0173. The van der Waals surface area contributed by atoms with Gasteiger partial charge in [0.05, 0.1) is 19.3 Å². The fourth-order valence-corrected chi connectivity index (χ4v) is 3.76. The first-order valence-corrected chi connectivity index (χ1v) is 9.27. The molecule has 1 aromatic heterocycles. The molecule has 136 valence electrons. The first kappa shape index (κ1) is 16.8. The van der Waals surface area contributed by atoms with E-state index in [0.29, 0.717) is 11.8 Å². The molecule has 5 nitrogen and oxygen atoms in total. The molecule has 0 spiro atoms. The van der Waals surface area contributed by atoms with E-state index in [-0.39, 0.29) is 12.5 Å². The van der Waals surface area contributed by atoms with Crippen molar-refractivity contribution in [2.75, 3.05) is 19.0 Å². The number of hydrogen-bond acceptors (Lipinski definition) is 4. The number of carbonyl (C=O) groups is 1. The van der Waals surface area contributed by atoms with E-state index in [2.05, 4.69) is 10.6 Å². The van der Waals surface area contributed by atoms with Crippen LogP contribution in [0, 0.1) is 0 Å². The van der Waals surface area contributed by atoms with E-state index in [9.17, 15) is 4.79 Å². The molecule has 0 unspecified atom stereocenters. The van der Waals surface area contributed by atoms with Crippen LogP contribution in [0.3, 0.4) is 0 Å². The summed E-state index contributed by atoms with van der Waals surface area (Å²) in [5, 5.41) is 8.38. The van der Waals surface area contributed by atoms with Crippen LogP contribution in [0.1, 0.15) is 32.1 Å². The molecule has 0 saturated heterocycles. The Balaban J connectivity index is 1.51. The molecule has 26 heavy (non-hydrogen) atoms. The van der Waals surface area contributed by atoms with Crippen LogP contribution in [-0.2, 0) is 4.79 Å². The minimum absolute atomic E-state index is 0.0173. The number of nitrogens with one attached hydrogen (secondary N) is 2. The van der Waals surface area contributed by atoms with Gasteiger partial charge in [-0.25, -0.2) is 0 Å². The van der Waals surface area contributed by atoms with E-state index in [1.54, 1.807) is 7.11 Å². The second kappa shape index (κ2) is 7.28. The molecule has 0 atom stereocenters. The summed E-state index contributed by atoms with van der Waals surface area (Å²) in [5.74, 6) is 0.721. The largest absolute Gasteiger partial charge is 0.495 e. The predicted molar refractivity (Wildman–Crippen MR) is 104 cm³/mol. The number of fused-ring (bicyclic) bond motifs is 3. The average molecular weight is 352 g/mol. The van der Waals surface area contributed by atoms with Gasteiger partial charge in [0.2, 0.25) is 5.91 Å². The number of anilines is 1. The number of rotatable bonds is 5. The van der Waals surface area contributed by atoms with Gasteiger partial charge in [-0.15, -0.1) is 0 Å². The van der Waals surface area contributed by atoms with Crippen molar-refractivity contribution in [2.24, 2.45) is 0 Å². The summed E-state index contributed by atoms with van der Waals surface area (Å²) >= 11 is 0. The molecule has 0 bridgehead atoms. The highest BCUT2D eigenvalue weighted by molar-refractivity contribution is 6.06. The molecular formula is C21H24N2O3. The molecule has 1 aliphatic carbocycles. The van der Waals surface area contributed by atoms with Gasteiger partial charge in [0.1, 0.15) is 16.9 Å². The Morgan fingerprint density at radius 3 is 2.73 bits per heavy atom. The molecule has 3 aromatic rings. The van der Waals surface area contributed by atoms with Crippen LogP contribution in [0.2, 0.25) is 0 Å². The lowest BCUT2D eigenvalue weighted by molar-refractivity contribution is -0.120. The van der Waals surface area contributed by atoms with Crippen molar-refractivity contribution in [3.8, 4) is 5.75 Å². The van der Waals surface area contributed by atoms with Gasteiger partial charge < -0.3 is 19.8 Å². The molecule has 0 radical (unpaired) electrons. The summed E-state index contributed by atoms with van der Waals surface area (Å²) < 4.78 is 11.4. The van der Waals surface area contributed by atoms with Crippen molar-refractivity contribution in [2.45, 2.75) is 38.1 Å². The van der Waals surface area contributed by atoms with E-state index >= 15 is 0 Å². The van der Waals surface area contributed by atoms with Gasteiger partial charge in [0.25, 0.3) is 0 Å². The maximum atomic E-state index is 12.3. The Kier molecular flexibility index (Phi) is 4.69. The summed E-state index contributed by atoms with van der Waals surface area (Å²) in [6, 6.07) is 12.1. The standard InChI is InChI=1S/C21H24N2O3/c1-25-20-11-16-15-9-5-6-10-18(15)26-19(16)12-17(20)22-13-21(24)23-14-7-3-2-4-8-14/h5-6,9-12,14,22H,2-4,7-8,13H2,1H3,(H,23,24). The molecule has 1 heterocycles. The molecule has 2 N–H and O–H groups in total. The highest BCUT2D eigenvalue weighted by Gasteiger charge is 2.16. The third-order valence-corrected chi connectivity index (χ3v) is 5.11. The van der Waals surface area contributed by atoms with Gasteiger partial charge in [-0.3, -0.25) is 4.79 Å². The van der Waals surface area contributed by atoms with Crippen LogP contribution in [0.5, 0.6) is 5.75 Å². The Morgan fingerprint density at radius 2 is 1.92 bits per heavy atom. The second-order valence-corrected chi connectivity index (χ2v) is 6.90. The van der Waals surface area contributed by atoms with Gasteiger partial charge in [0.15, 0.2) is 0 Å². The Labute approximate surface area is 152 Å². The number of ether oxygens (including phenoxy) is 1. The second-order valence-electron chi connectivity index (χ2n) is 6.90. The molecule has 2 aromatic carbocycles. The van der Waals surface area contributed by atoms with Gasteiger partial charge >= 0.3 is 0 Å². The SMILES string of the molecule is COc1cc2c(cc1NCC(=O)NC1CCCCC1)oc1ccccc12. The van der Waals surface area contributed by atoms with E-state index in [0.717, 1.165) is 40.5 Å². The lowest BCUT2D eigenvalue weighted by Crippen LogP contribution is -2.39. The number of hydrogen-bond donors (Lipinski definition) is 2. The number of methoxy groups -OCH3 is 1. The van der Waals surface area contributed by atoms with Gasteiger partial charge in [-0.05, 0) is 25.0 Å².